The van der Waals surface area contributed by atoms with Gasteiger partial charge in [-0.25, -0.2) is 4.39 Å². The first-order valence-corrected chi connectivity index (χ1v) is 5.02. The van der Waals surface area contributed by atoms with Crippen LogP contribution >= 0.6 is 0 Å². The van der Waals surface area contributed by atoms with Crippen LogP contribution in [0.15, 0.2) is 18.2 Å². The van der Waals surface area contributed by atoms with E-state index in [1.807, 2.05) is 0 Å². The molecule has 2 rings (SSSR count). The summed E-state index contributed by atoms with van der Waals surface area (Å²) >= 11 is 0. The van der Waals surface area contributed by atoms with Crippen LogP contribution in [0.4, 0.5) is 4.39 Å². The summed E-state index contributed by atoms with van der Waals surface area (Å²) in [6, 6.07) is 4.90. The van der Waals surface area contributed by atoms with Gasteiger partial charge < -0.3 is 5.11 Å². The zero-order chi connectivity index (χ0) is 11.1. The Morgan fingerprint density at radius 3 is 2.67 bits per heavy atom. The molecule has 1 aliphatic carbocycles. The van der Waals surface area contributed by atoms with Gasteiger partial charge in [-0.05, 0) is 37.0 Å². The summed E-state index contributed by atoms with van der Waals surface area (Å²) in [6.45, 7) is 1.70. The van der Waals surface area contributed by atoms with Gasteiger partial charge in [0.25, 0.3) is 0 Å². The average molecular weight is 208 g/mol. The molecule has 1 aromatic carbocycles. The lowest BCUT2D eigenvalue weighted by Crippen LogP contribution is -2.13. The Morgan fingerprint density at radius 1 is 1.53 bits per heavy atom. The number of halogens is 1. The first kappa shape index (κ1) is 10.1. The monoisotopic (exact) mass is 208 g/mol. The van der Waals surface area contributed by atoms with Gasteiger partial charge in [-0.3, -0.25) is 4.79 Å². The van der Waals surface area contributed by atoms with Crippen molar-refractivity contribution in [2.45, 2.75) is 31.6 Å². The van der Waals surface area contributed by atoms with Crippen LogP contribution in [0.2, 0.25) is 0 Å². The molecule has 0 aliphatic heterocycles. The summed E-state index contributed by atoms with van der Waals surface area (Å²) in [5.74, 6) is -1.01. The molecule has 3 heteroatoms. The number of aryl methyl sites for hydroxylation is 1. The van der Waals surface area contributed by atoms with Crippen molar-refractivity contribution in [3.63, 3.8) is 0 Å². The third-order valence-corrected chi connectivity index (χ3v) is 3.11. The molecule has 0 spiro atoms. The van der Waals surface area contributed by atoms with Gasteiger partial charge >= 0.3 is 5.97 Å². The highest BCUT2D eigenvalue weighted by atomic mass is 19.1. The van der Waals surface area contributed by atoms with Gasteiger partial charge in [-0.2, -0.15) is 0 Å². The standard InChI is InChI=1S/C12H13FO2/c1-8-6-9(2-3-10(8)13)12(4-5-12)7-11(14)15/h2-3,6H,4-5,7H2,1H3,(H,14,15). The summed E-state index contributed by atoms with van der Waals surface area (Å²) in [5.41, 5.74) is 1.33. The third kappa shape index (κ3) is 1.87. The maximum atomic E-state index is 13.1. The van der Waals surface area contributed by atoms with E-state index in [4.69, 9.17) is 5.11 Å². The Hall–Kier alpha value is -1.38. The van der Waals surface area contributed by atoms with E-state index < -0.39 is 5.97 Å². The predicted molar refractivity (Wildman–Crippen MR) is 54.3 cm³/mol. The molecule has 1 aromatic rings. The minimum Gasteiger partial charge on any atom is -0.481 e. The Labute approximate surface area is 87.7 Å². The second-order valence-electron chi connectivity index (χ2n) is 4.31. The van der Waals surface area contributed by atoms with Gasteiger partial charge in [0.1, 0.15) is 5.82 Å². The van der Waals surface area contributed by atoms with Gasteiger partial charge in [0.05, 0.1) is 6.42 Å². The second-order valence-corrected chi connectivity index (χ2v) is 4.31. The van der Waals surface area contributed by atoms with Crippen molar-refractivity contribution >= 4 is 5.97 Å². The minimum absolute atomic E-state index is 0.151. The van der Waals surface area contributed by atoms with Crippen LogP contribution < -0.4 is 0 Å². The largest absolute Gasteiger partial charge is 0.481 e. The maximum absolute atomic E-state index is 13.1. The first-order valence-electron chi connectivity index (χ1n) is 5.02. The Kier molecular flexibility index (Phi) is 2.25. The normalized spacial score (nSPS) is 17.5. The van der Waals surface area contributed by atoms with Crippen molar-refractivity contribution in [1.82, 2.24) is 0 Å². The quantitative estimate of drug-likeness (QED) is 0.829. The summed E-state index contributed by atoms with van der Waals surface area (Å²) < 4.78 is 13.1. The maximum Gasteiger partial charge on any atom is 0.304 e. The van der Waals surface area contributed by atoms with Crippen molar-refractivity contribution in [2.75, 3.05) is 0 Å². The van der Waals surface area contributed by atoms with Gasteiger partial charge in [0, 0.05) is 5.41 Å². The van der Waals surface area contributed by atoms with E-state index in [0.29, 0.717) is 5.56 Å². The Bertz CT molecular complexity index is 408. The lowest BCUT2D eigenvalue weighted by Gasteiger charge is -2.13. The first-order chi connectivity index (χ1) is 7.03. The topological polar surface area (TPSA) is 37.3 Å². The molecule has 0 bridgehead atoms. The zero-order valence-electron chi connectivity index (χ0n) is 8.59. The van der Waals surface area contributed by atoms with E-state index in [-0.39, 0.29) is 17.7 Å². The minimum atomic E-state index is -0.783. The highest BCUT2D eigenvalue weighted by molar-refractivity contribution is 5.70. The third-order valence-electron chi connectivity index (χ3n) is 3.11. The molecule has 1 N–H and O–H groups in total. The molecule has 0 unspecified atom stereocenters. The average Bonchev–Trinajstić information content (AvgIpc) is 2.89. The van der Waals surface area contributed by atoms with Crippen LogP contribution in [0.1, 0.15) is 30.4 Å². The van der Waals surface area contributed by atoms with Crippen molar-refractivity contribution in [3.8, 4) is 0 Å². The highest BCUT2D eigenvalue weighted by Gasteiger charge is 2.45. The zero-order valence-corrected chi connectivity index (χ0v) is 8.59. The van der Waals surface area contributed by atoms with Gasteiger partial charge in [0.15, 0.2) is 0 Å². The molecule has 15 heavy (non-hydrogen) atoms. The van der Waals surface area contributed by atoms with Gasteiger partial charge in [0.2, 0.25) is 0 Å². The molecule has 80 valence electrons. The molecule has 2 nitrogen and oxygen atoms in total. The number of aliphatic carboxylic acids is 1. The number of carboxylic acid groups (broad SMARTS) is 1. The highest BCUT2D eigenvalue weighted by Crippen LogP contribution is 2.51. The van der Waals surface area contributed by atoms with Crippen molar-refractivity contribution in [2.24, 2.45) is 0 Å². The predicted octanol–water partition coefficient (Wildman–Crippen LogP) is 2.64. The number of hydrogen-bond donors (Lipinski definition) is 1. The van der Waals surface area contributed by atoms with Crippen LogP contribution in [-0.2, 0) is 10.2 Å². The van der Waals surface area contributed by atoms with Crippen molar-refractivity contribution in [3.05, 3.63) is 35.1 Å². The molecular weight excluding hydrogens is 195 g/mol. The van der Waals surface area contributed by atoms with Crippen molar-refractivity contribution < 1.29 is 14.3 Å². The van der Waals surface area contributed by atoms with Crippen LogP contribution in [0.5, 0.6) is 0 Å². The van der Waals surface area contributed by atoms with Gasteiger partial charge in [-0.15, -0.1) is 0 Å². The molecular formula is C12H13FO2. The number of benzene rings is 1. The Morgan fingerprint density at radius 2 is 2.20 bits per heavy atom. The molecule has 1 saturated carbocycles. The van der Waals surface area contributed by atoms with E-state index in [2.05, 4.69) is 0 Å². The molecule has 1 aliphatic rings. The fourth-order valence-electron chi connectivity index (χ4n) is 1.98. The van der Waals surface area contributed by atoms with E-state index in [1.54, 1.807) is 19.1 Å². The summed E-state index contributed by atoms with van der Waals surface area (Å²) in [6.07, 6.45) is 1.94. The van der Waals surface area contributed by atoms with Crippen LogP contribution in [0, 0.1) is 12.7 Å². The molecule has 1 fully saturated rings. The van der Waals surface area contributed by atoms with Gasteiger partial charge in [-0.1, -0.05) is 12.1 Å². The second kappa shape index (κ2) is 3.33. The SMILES string of the molecule is Cc1cc(C2(CC(=O)O)CC2)ccc1F. The molecule has 0 amide bonds. The molecule has 0 radical (unpaired) electrons. The van der Waals surface area contributed by atoms with E-state index in [0.717, 1.165) is 18.4 Å². The number of rotatable bonds is 3. The van der Waals surface area contributed by atoms with E-state index in [1.165, 1.54) is 6.07 Å². The lowest BCUT2D eigenvalue weighted by molar-refractivity contribution is -0.137. The van der Waals surface area contributed by atoms with E-state index in [9.17, 15) is 9.18 Å². The van der Waals surface area contributed by atoms with Crippen molar-refractivity contribution in [1.29, 1.82) is 0 Å². The smallest absolute Gasteiger partial charge is 0.304 e. The summed E-state index contributed by atoms with van der Waals surface area (Å²) in [5, 5.41) is 8.80. The van der Waals surface area contributed by atoms with Crippen LogP contribution in [0.3, 0.4) is 0 Å². The molecule has 0 atom stereocenters. The number of carboxylic acids is 1. The number of hydrogen-bond acceptors (Lipinski definition) is 1. The summed E-state index contributed by atoms with van der Waals surface area (Å²) in [7, 11) is 0. The molecule has 0 aromatic heterocycles. The summed E-state index contributed by atoms with van der Waals surface area (Å²) in [4.78, 5) is 10.7. The number of carbonyl (C=O) groups is 1. The van der Waals surface area contributed by atoms with E-state index >= 15 is 0 Å². The Balaban J connectivity index is 2.29. The van der Waals surface area contributed by atoms with Crippen LogP contribution in [-0.4, -0.2) is 11.1 Å². The van der Waals surface area contributed by atoms with Crippen LogP contribution in [0.25, 0.3) is 0 Å². The molecule has 0 heterocycles. The molecule has 0 saturated heterocycles. The fourth-order valence-corrected chi connectivity index (χ4v) is 1.98. The fraction of sp³-hybridized carbons (Fsp3) is 0.417. The lowest BCUT2D eigenvalue weighted by atomic mass is 9.91.